The molecule has 1 N–H and O–H groups in total. The Balaban J connectivity index is 2.49. The van der Waals surface area contributed by atoms with Crippen molar-refractivity contribution in [3.63, 3.8) is 0 Å². The lowest BCUT2D eigenvalue weighted by atomic mass is 10.3. The van der Waals surface area contributed by atoms with Gasteiger partial charge in [0, 0.05) is 19.0 Å². The molecule has 0 radical (unpaired) electrons. The highest BCUT2D eigenvalue weighted by Gasteiger charge is 2.11. The van der Waals surface area contributed by atoms with Crippen LogP contribution >= 0.6 is 11.8 Å². The van der Waals surface area contributed by atoms with Gasteiger partial charge in [-0.2, -0.15) is 16.9 Å². The molecule has 0 amide bonds. The van der Waals surface area contributed by atoms with Gasteiger partial charge in [0.2, 0.25) is 0 Å². The summed E-state index contributed by atoms with van der Waals surface area (Å²) in [6.07, 6.45) is 1.30. The van der Waals surface area contributed by atoms with Crippen LogP contribution in [-0.2, 0) is 7.05 Å². The summed E-state index contributed by atoms with van der Waals surface area (Å²) in [5.74, 6) is 0.733. The van der Waals surface area contributed by atoms with Crippen molar-refractivity contribution in [1.29, 1.82) is 0 Å². The van der Waals surface area contributed by atoms with Crippen molar-refractivity contribution in [3.05, 3.63) is 18.0 Å². The second-order valence-corrected chi connectivity index (χ2v) is 4.89. The van der Waals surface area contributed by atoms with Crippen LogP contribution in [0.15, 0.2) is 12.3 Å². The van der Waals surface area contributed by atoms with Gasteiger partial charge >= 0.3 is 0 Å². The third kappa shape index (κ3) is 3.04. The largest absolute Gasteiger partial charge is 0.386 e. The number of aliphatic hydroxyl groups is 1. The van der Waals surface area contributed by atoms with Crippen molar-refractivity contribution < 1.29 is 5.11 Å². The first kappa shape index (κ1) is 10.6. The molecule has 0 aromatic carbocycles. The lowest BCUT2D eigenvalue weighted by Crippen LogP contribution is -2.08. The van der Waals surface area contributed by atoms with Crippen molar-refractivity contribution in [1.82, 2.24) is 9.78 Å². The van der Waals surface area contributed by atoms with E-state index in [1.54, 1.807) is 22.6 Å². The molecule has 1 atom stereocenters. The Bertz CT molecular complexity index is 260. The Kier molecular flexibility index (Phi) is 3.81. The first-order valence-corrected chi connectivity index (χ1v) is 5.43. The molecule has 1 aromatic heterocycles. The molecule has 0 fully saturated rings. The van der Waals surface area contributed by atoms with Crippen LogP contribution in [0.2, 0.25) is 0 Å². The second kappa shape index (κ2) is 4.67. The van der Waals surface area contributed by atoms with Gasteiger partial charge in [0.1, 0.15) is 6.10 Å². The molecule has 1 heterocycles. The molecule has 0 spiro atoms. The average Bonchev–Trinajstić information content (AvgIpc) is 2.47. The van der Waals surface area contributed by atoms with Crippen molar-refractivity contribution in [3.8, 4) is 0 Å². The SMILES string of the molecule is CC(C)SCC(O)c1ccnn1C. The van der Waals surface area contributed by atoms with E-state index in [1.807, 2.05) is 13.1 Å². The minimum absolute atomic E-state index is 0.403. The maximum absolute atomic E-state index is 9.76. The molecule has 1 unspecified atom stereocenters. The van der Waals surface area contributed by atoms with Crippen molar-refractivity contribution in [2.45, 2.75) is 25.2 Å². The molecular formula is C9H16N2OS. The fourth-order valence-corrected chi connectivity index (χ4v) is 1.82. The number of hydrogen-bond acceptors (Lipinski definition) is 3. The topological polar surface area (TPSA) is 38.1 Å². The van der Waals surface area contributed by atoms with Gasteiger partial charge in [0.15, 0.2) is 0 Å². The standard InChI is InChI=1S/C9H16N2OS/c1-7(2)13-6-9(12)8-4-5-10-11(8)3/h4-5,7,9,12H,6H2,1-3H3. The van der Waals surface area contributed by atoms with E-state index in [2.05, 4.69) is 18.9 Å². The molecule has 13 heavy (non-hydrogen) atoms. The smallest absolute Gasteiger partial charge is 0.105 e. The number of aryl methyl sites for hydroxylation is 1. The second-order valence-electron chi connectivity index (χ2n) is 3.28. The van der Waals surface area contributed by atoms with Gasteiger partial charge in [-0.15, -0.1) is 0 Å². The van der Waals surface area contributed by atoms with Gasteiger partial charge < -0.3 is 5.11 Å². The van der Waals surface area contributed by atoms with Gasteiger partial charge in [-0.3, -0.25) is 4.68 Å². The van der Waals surface area contributed by atoms with E-state index in [-0.39, 0.29) is 0 Å². The van der Waals surface area contributed by atoms with E-state index in [9.17, 15) is 5.11 Å². The molecule has 0 aliphatic carbocycles. The van der Waals surface area contributed by atoms with Crippen LogP contribution in [0.25, 0.3) is 0 Å². The number of hydrogen-bond donors (Lipinski definition) is 1. The third-order valence-corrected chi connectivity index (χ3v) is 2.96. The summed E-state index contributed by atoms with van der Waals surface area (Å²) in [5.41, 5.74) is 0.883. The molecule has 0 bridgehead atoms. The van der Waals surface area contributed by atoms with Crippen LogP contribution in [0.4, 0.5) is 0 Å². The molecule has 1 aromatic rings. The van der Waals surface area contributed by atoms with Crippen LogP contribution in [0.3, 0.4) is 0 Å². The maximum atomic E-state index is 9.76. The van der Waals surface area contributed by atoms with Crippen LogP contribution in [0, 0.1) is 0 Å². The quantitative estimate of drug-likeness (QED) is 0.802. The van der Waals surface area contributed by atoms with E-state index in [4.69, 9.17) is 0 Å². The first-order chi connectivity index (χ1) is 6.11. The highest BCUT2D eigenvalue weighted by molar-refractivity contribution is 7.99. The summed E-state index contributed by atoms with van der Waals surface area (Å²) >= 11 is 1.76. The highest BCUT2D eigenvalue weighted by Crippen LogP contribution is 2.19. The van der Waals surface area contributed by atoms with E-state index >= 15 is 0 Å². The van der Waals surface area contributed by atoms with Gasteiger partial charge in [-0.05, 0) is 11.3 Å². The Hall–Kier alpha value is -0.480. The molecule has 3 nitrogen and oxygen atoms in total. The van der Waals surface area contributed by atoms with E-state index in [1.165, 1.54) is 0 Å². The van der Waals surface area contributed by atoms with E-state index < -0.39 is 6.10 Å². The molecule has 0 saturated carbocycles. The fourth-order valence-electron chi connectivity index (χ4n) is 1.08. The zero-order valence-corrected chi connectivity index (χ0v) is 9.08. The lowest BCUT2D eigenvalue weighted by molar-refractivity contribution is 0.193. The summed E-state index contributed by atoms with van der Waals surface area (Å²) in [6.45, 7) is 4.25. The minimum atomic E-state index is -0.403. The van der Waals surface area contributed by atoms with Gasteiger partial charge in [-0.1, -0.05) is 13.8 Å². The molecular weight excluding hydrogens is 184 g/mol. The summed E-state index contributed by atoms with van der Waals surface area (Å²) in [7, 11) is 1.85. The maximum Gasteiger partial charge on any atom is 0.105 e. The number of thioether (sulfide) groups is 1. The Morgan fingerprint density at radius 3 is 2.77 bits per heavy atom. The monoisotopic (exact) mass is 200 g/mol. The normalized spacial score (nSPS) is 13.6. The number of aromatic nitrogens is 2. The average molecular weight is 200 g/mol. The molecule has 0 saturated heterocycles. The third-order valence-electron chi connectivity index (χ3n) is 1.79. The summed E-state index contributed by atoms with van der Waals surface area (Å²) in [5, 5.41) is 14.3. The summed E-state index contributed by atoms with van der Waals surface area (Å²) < 4.78 is 1.71. The van der Waals surface area contributed by atoms with Gasteiger partial charge in [-0.25, -0.2) is 0 Å². The molecule has 74 valence electrons. The van der Waals surface area contributed by atoms with Crippen LogP contribution in [0.1, 0.15) is 25.6 Å². The van der Waals surface area contributed by atoms with E-state index in [0.717, 1.165) is 11.4 Å². The van der Waals surface area contributed by atoms with Gasteiger partial charge in [0.05, 0.1) is 5.69 Å². The molecule has 0 aliphatic rings. The number of rotatable bonds is 4. The zero-order chi connectivity index (χ0) is 9.84. The molecule has 1 rings (SSSR count). The van der Waals surface area contributed by atoms with Crippen LogP contribution < -0.4 is 0 Å². The number of nitrogens with zero attached hydrogens (tertiary/aromatic N) is 2. The Morgan fingerprint density at radius 2 is 2.31 bits per heavy atom. The van der Waals surface area contributed by atoms with Crippen LogP contribution in [-0.4, -0.2) is 25.9 Å². The fraction of sp³-hybridized carbons (Fsp3) is 0.667. The minimum Gasteiger partial charge on any atom is -0.386 e. The van der Waals surface area contributed by atoms with Crippen molar-refractivity contribution in [2.75, 3.05) is 5.75 Å². The Labute approximate surface area is 83.1 Å². The Morgan fingerprint density at radius 1 is 1.62 bits per heavy atom. The predicted molar refractivity (Wildman–Crippen MR) is 55.8 cm³/mol. The summed E-state index contributed by atoms with van der Waals surface area (Å²) in [6, 6.07) is 1.85. The van der Waals surface area contributed by atoms with E-state index in [0.29, 0.717) is 5.25 Å². The lowest BCUT2D eigenvalue weighted by Gasteiger charge is -2.11. The zero-order valence-electron chi connectivity index (χ0n) is 8.27. The van der Waals surface area contributed by atoms with Crippen LogP contribution in [0.5, 0.6) is 0 Å². The van der Waals surface area contributed by atoms with Gasteiger partial charge in [0.25, 0.3) is 0 Å². The highest BCUT2D eigenvalue weighted by atomic mass is 32.2. The first-order valence-electron chi connectivity index (χ1n) is 4.39. The van der Waals surface area contributed by atoms with Crippen molar-refractivity contribution >= 4 is 11.8 Å². The van der Waals surface area contributed by atoms with Crippen molar-refractivity contribution in [2.24, 2.45) is 7.05 Å². The predicted octanol–water partition coefficient (Wildman–Crippen LogP) is 1.60. The number of aliphatic hydroxyl groups excluding tert-OH is 1. The molecule has 4 heteroatoms. The summed E-state index contributed by atoms with van der Waals surface area (Å²) in [4.78, 5) is 0. The molecule has 0 aliphatic heterocycles.